The molecule has 0 aromatic carbocycles. The summed E-state index contributed by atoms with van der Waals surface area (Å²) in [7, 11) is -3.55. The Morgan fingerprint density at radius 2 is 2.12 bits per heavy atom. The summed E-state index contributed by atoms with van der Waals surface area (Å²) in [5.74, 6) is 0.699. The summed E-state index contributed by atoms with van der Waals surface area (Å²) < 4.78 is 28.6. The predicted molar refractivity (Wildman–Crippen MR) is 70.8 cm³/mol. The Morgan fingerprint density at radius 3 is 2.53 bits per heavy atom. The van der Waals surface area contributed by atoms with Crippen LogP contribution in [-0.4, -0.2) is 28.8 Å². The smallest absolute Gasteiger partial charge is 0.260 e. The Labute approximate surface area is 111 Å². The van der Waals surface area contributed by atoms with Crippen molar-refractivity contribution < 1.29 is 8.42 Å². The van der Waals surface area contributed by atoms with E-state index < -0.39 is 15.6 Å². The molecule has 0 radical (unpaired) electrons. The number of nitrogens with zero attached hydrogens (tertiary/aromatic N) is 2. The molecule has 1 rings (SSSR count). The van der Waals surface area contributed by atoms with Gasteiger partial charge in [0.15, 0.2) is 5.03 Å². The van der Waals surface area contributed by atoms with Crippen LogP contribution in [0, 0.1) is 6.92 Å². The van der Waals surface area contributed by atoms with Crippen LogP contribution >= 0.6 is 15.9 Å². The molecule has 17 heavy (non-hydrogen) atoms. The SMILES string of the molecule is CCn1cc(S(=O)(=O)NC(C)(C)CBr)nc1C. The summed E-state index contributed by atoms with van der Waals surface area (Å²) in [6.45, 7) is 8.06. The molecule has 0 aliphatic rings. The van der Waals surface area contributed by atoms with E-state index >= 15 is 0 Å². The Morgan fingerprint density at radius 1 is 1.53 bits per heavy atom. The van der Waals surface area contributed by atoms with Gasteiger partial charge in [-0.1, -0.05) is 15.9 Å². The molecule has 0 saturated heterocycles. The van der Waals surface area contributed by atoms with Crippen LogP contribution in [0.4, 0.5) is 0 Å². The number of aryl methyl sites for hydroxylation is 2. The first kappa shape index (κ1) is 14.7. The van der Waals surface area contributed by atoms with Crippen molar-refractivity contribution in [3.8, 4) is 0 Å². The lowest BCUT2D eigenvalue weighted by atomic mass is 10.1. The molecule has 1 N–H and O–H groups in total. The molecule has 1 aromatic rings. The van der Waals surface area contributed by atoms with Crippen molar-refractivity contribution in [3.05, 3.63) is 12.0 Å². The van der Waals surface area contributed by atoms with Gasteiger partial charge >= 0.3 is 0 Å². The van der Waals surface area contributed by atoms with E-state index in [1.165, 1.54) is 0 Å². The van der Waals surface area contributed by atoms with Crippen molar-refractivity contribution in [1.29, 1.82) is 0 Å². The molecule has 0 aliphatic carbocycles. The molecular formula is C10H18BrN3O2S. The molecule has 98 valence electrons. The molecule has 0 spiro atoms. The Kier molecular flexibility index (Phi) is 4.38. The molecule has 7 heteroatoms. The third-order valence-electron chi connectivity index (χ3n) is 2.31. The number of sulfonamides is 1. The number of aromatic nitrogens is 2. The number of hydrogen-bond acceptors (Lipinski definition) is 3. The second-order valence-electron chi connectivity index (χ2n) is 4.54. The second kappa shape index (κ2) is 5.07. The third kappa shape index (κ3) is 3.53. The van der Waals surface area contributed by atoms with Crippen LogP contribution < -0.4 is 4.72 Å². The predicted octanol–water partition coefficient (Wildman–Crippen LogP) is 1.66. The number of rotatable bonds is 5. The van der Waals surface area contributed by atoms with E-state index in [-0.39, 0.29) is 5.03 Å². The molecule has 0 amide bonds. The summed E-state index contributed by atoms with van der Waals surface area (Å²) in [4.78, 5) is 4.07. The van der Waals surface area contributed by atoms with Gasteiger partial charge in [0.25, 0.3) is 10.0 Å². The van der Waals surface area contributed by atoms with Gasteiger partial charge in [0.1, 0.15) is 5.82 Å². The number of hydrogen-bond donors (Lipinski definition) is 1. The van der Waals surface area contributed by atoms with E-state index in [9.17, 15) is 8.42 Å². The third-order valence-corrected chi connectivity index (χ3v) is 5.29. The highest BCUT2D eigenvalue weighted by Gasteiger charge is 2.27. The van der Waals surface area contributed by atoms with Crippen LogP contribution in [0.3, 0.4) is 0 Å². The van der Waals surface area contributed by atoms with Crippen molar-refractivity contribution in [1.82, 2.24) is 14.3 Å². The number of halogens is 1. The molecule has 0 saturated carbocycles. The number of imidazole rings is 1. The largest absolute Gasteiger partial charge is 0.334 e. The Bertz CT molecular complexity index is 494. The van der Waals surface area contributed by atoms with E-state index in [4.69, 9.17) is 0 Å². The van der Waals surface area contributed by atoms with Gasteiger partial charge in [-0.2, -0.15) is 0 Å². The highest BCUT2D eigenvalue weighted by molar-refractivity contribution is 9.09. The van der Waals surface area contributed by atoms with Crippen LogP contribution in [0.2, 0.25) is 0 Å². The normalized spacial score (nSPS) is 13.0. The monoisotopic (exact) mass is 323 g/mol. The van der Waals surface area contributed by atoms with Crippen molar-refractivity contribution in [2.75, 3.05) is 5.33 Å². The fourth-order valence-electron chi connectivity index (χ4n) is 1.37. The zero-order valence-electron chi connectivity index (χ0n) is 10.5. The lowest BCUT2D eigenvalue weighted by molar-refractivity contribution is 0.498. The van der Waals surface area contributed by atoms with Crippen molar-refractivity contribution >= 4 is 26.0 Å². The zero-order valence-corrected chi connectivity index (χ0v) is 12.9. The molecule has 0 atom stereocenters. The van der Waals surface area contributed by atoms with E-state index in [2.05, 4.69) is 25.6 Å². The molecular weight excluding hydrogens is 306 g/mol. The summed E-state index contributed by atoms with van der Waals surface area (Å²) in [5.41, 5.74) is -0.539. The van der Waals surface area contributed by atoms with Gasteiger partial charge in [-0.3, -0.25) is 0 Å². The van der Waals surface area contributed by atoms with Gasteiger partial charge in [-0.05, 0) is 27.7 Å². The lowest BCUT2D eigenvalue weighted by Crippen LogP contribution is -2.44. The molecule has 0 bridgehead atoms. The molecule has 0 aliphatic heterocycles. The van der Waals surface area contributed by atoms with E-state index in [0.29, 0.717) is 17.7 Å². The molecule has 1 heterocycles. The van der Waals surface area contributed by atoms with Gasteiger partial charge in [0.2, 0.25) is 0 Å². The van der Waals surface area contributed by atoms with Gasteiger partial charge in [-0.15, -0.1) is 0 Å². The molecule has 5 nitrogen and oxygen atoms in total. The summed E-state index contributed by atoms with van der Waals surface area (Å²) >= 11 is 3.28. The Hall–Kier alpha value is -0.400. The zero-order chi connectivity index (χ0) is 13.3. The number of nitrogens with one attached hydrogen (secondary N) is 1. The van der Waals surface area contributed by atoms with Crippen molar-refractivity contribution in [3.63, 3.8) is 0 Å². The minimum Gasteiger partial charge on any atom is -0.334 e. The fraction of sp³-hybridized carbons (Fsp3) is 0.700. The van der Waals surface area contributed by atoms with E-state index in [1.54, 1.807) is 17.7 Å². The summed E-state index contributed by atoms with van der Waals surface area (Å²) in [5, 5.41) is 0.609. The highest BCUT2D eigenvalue weighted by atomic mass is 79.9. The topological polar surface area (TPSA) is 64.0 Å². The molecule has 1 aromatic heterocycles. The van der Waals surface area contributed by atoms with E-state index in [1.807, 2.05) is 20.8 Å². The van der Waals surface area contributed by atoms with Crippen LogP contribution in [0.5, 0.6) is 0 Å². The van der Waals surface area contributed by atoms with Gasteiger partial charge in [0, 0.05) is 23.6 Å². The number of alkyl halides is 1. The fourth-order valence-corrected chi connectivity index (χ4v) is 3.12. The van der Waals surface area contributed by atoms with Crippen molar-refractivity contribution in [2.45, 2.75) is 44.8 Å². The first-order valence-corrected chi connectivity index (χ1v) is 7.96. The minimum atomic E-state index is -3.55. The first-order valence-electron chi connectivity index (χ1n) is 5.35. The van der Waals surface area contributed by atoms with Crippen molar-refractivity contribution in [2.24, 2.45) is 0 Å². The maximum absolute atomic E-state index is 12.1. The second-order valence-corrected chi connectivity index (χ2v) is 6.73. The molecule has 0 fully saturated rings. The maximum atomic E-state index is 12.1. The standard InChI is InChI=1S/C10H18BrN3O2S/c1-5-14-6-9(12-8(14)2)17(15,16)13-10(3,4)7-11/h6,13H,5,7H2,1-4H3. The summed E-state index contributed by atoms with van der Waals surface area (Å²) in [6, 6.07) is 0. The first-order chi connectivity index (χ1) is 7.72. The van der Waals surface area contributed by atoms with Crippen LogP contribution in [0.1, 0.15) is 26.6 Å². The van der Waals surface area contributed by atoms with Crippen LogP contribution in [0.25, 0.3) is 0 Å². The quantitative estimate of drug-likeness (QED) is 0.838. The highest BCUT2D eigenvalue weighted by Crippen LogP contribution is 2.14. The van der Waals surface area contributed by atoms with Gasteiger partial charge < -0.3 is 4.57 Å². The summed E-state index contributed by atoms with van der Waals surface area (Å²) in [6.07, 6.45) is 1.56. The average molecular weight is 324 g/mol. The van der Waals surface area contributed by atoms with Crippen LogP contribution in [-0.2, 0) is 16.6 Å². The lowest BCUT2D eigenvalue weighted by Gasteiger charge is -2.22. The van der Waals surface area contributed by atoms with E-state index in [0.717, 1.165) is 0 Å². The molecule has 0 unspecified atom stereocenters. The maximum Gasteiger partial charge on any atom is 0.260 e. The average Bonchev–Trinajstić information content (AvgIpc) is 2.59. The minimum absolute atomic E-state index is 0.0749. The Balaban J connectivity index is 3.05. The van der Waals surface area contributed by atoms with Gasteiger partial charge in [-0.25, -0.2) is 18.1 Å². The van der Waals surface area contributed by atoms with Crippen LogP contribution in [0.15, 0.2) is 11.2 Å². The van der Waals surface area contributed by atoms with Gasteiger partial charge in [0.05, 0.1) is 0 Å².